The summed E-state index contributed by atoms with van der Waals surface area (Å²) < 4.78 is 5.14. The lowest BCUT2D eigenvalue weighted by atomic mass is 9.79. The second kappa shape index (κ2) is 5.96. The van der Waals surface area contributed by atoms with E-state index in [0.29, 0.717) is 11.8 Å². The highest BCUT2D eigenvalue weighted by Gasteiger charge is 2.23. The third-order valence-electron chi connectivity index (χ3n) is 3.71. The molecular weight excluding hydrogens is 214 g/mol. The molecule has 0 aromatic carbocycles. The van der Waals surface area contributed by atoms with Crippen LogP contribution < -0.4 is 10.5 Å². The fraction of sp³-hybridized carbons (Fsp3) is 0.692. The van der Waals surface area contributed by atoms with Crippen LogP contribution in [0, 0.1) is 5.92 Å². The first-order valence-corrected chi connectivity index (χ1v) is 6.39. The van der Waals surface area contributed by atoms with Gasteiger partial charge in [-0.1, -0.05) is 0 Å². The van der Waals surface area contributed by atoms with Crippen LogP contribution in [-0.4, -0.2) is 23.6 Å². The molecule has 1 aliphatic carbocycles. The fourth-order valence-corrected chi connectivity index (χ4v) is 2.67. The number of ether oxygens (including phenoxy) is 1. The van der Waals surface area contributed by atoms with Crippen molar-refractivity contribution in [2.75, 3.05) is 13.7 Å². The van der Waals surface area contributed by atoms with Crippen molar-refractivity contribution in [2.24, 2.45) is 11.7 Å². The summed E-state index contributed by atoms with van der Waals surface area (Å²) in [6.07, 6.45) is 7.73. The lowest BCUT2D eigenvalue weighted by Gasteiger charge is -2.27. The van der Waals surface area contributed by atoms with Gasteiger partial charge in [0, 0.05) is 12.0 Å². The van der Waals surface area contributed by atoms with Crippen LogP contribution in [-0.2, 0) is 0 Å². The first-order chi connectivity index (χ1) is 8.33. The smallest absolute Gasteiger partial charge is 0.216 e. The van der Waals surface area contributed by atoms with E-state index in [1.165, 1.54) is 32.1 Å². The molecule has 17 heavy (non-hydrogen) atoms. The largest absolute Gasteiger partial charge is 0.481 e. The maximum absolute atomic E-state index is 5.61. The van der Waals surface area contributed by atoms with Crippen molar-refractivity contribution in [3.63, 3.8) is 0 Å². The molecule has 1 fully saturated rings. The minimum absolute atomic E-state index is 0.570. The quantitative estimate of drug-likeness (QED) is 0.868. The Bertz CT molecular complexity index is 348. The van der Waals surface area contributed by atoms with Crippen molar-refractivity contribution < 1.29 is 4.74 Å². The van der Waals surface area contributed by atoms with Gasteiger partial charge >= 0.3 is 0 Å². The van der Waals surface area contributed by atoms with Crippen molar-refractivity contribution in [3.05, 3.63) is 18.1 Å². The average molecular weight is 235 g/mol. The molecule has 1 aromatic rings. The van der Waals surface area contributed by atoms with Gasteiger partial charge in [0.1, 0.15) is 6.33 Å². The van der Waals surface area contributed by atoms with Crippen LogP contribution in [0.2, 0.25) is 0 Å². The minimum atomic E-state index is 0.570. The summed E-state index contributed by atoms with van der Waals surface area (Å²) in [6.45, 7) is 0.816. The molecule has 1 aliphatic rings. The Hall–Kier alpha value is -1.16. The van der Waals surface area contributed by atoms with Crippen molar-refractivity contribution in [3.8, 4) is 5.88 Å². The molecule has 0 aliphatic heterocycles. The van der Waals surface area contributed by atoms with Gasteiger partial charge in [-0.15, -0.1) is 0 Å². The van der Waals surface area contributed by atoms with Crippen molar-refractivity contribution in [1.82, 2.24) is 9.97 Å². The highest BCUT2D eigenvalue weighted by Crippen LogP contribution is 2.36. The normalized spacial score (nSPS) is 24.6. The van der Waals surface area contributed by atoms with Gasteiger partial charge in [0.05, 0.1) is 12.8 Å². The predicted octanol–water partition coefficient (Wildman–Crippen LogP) is 2.11. The van der Waals surface area contributed by atoms with E-state index in [-0.39, 0.29) is 0 Å². The third-order valence-corrected chi connectivity index (χ3v) is 3.71. The first kappa shape index (κ1) is 12.3. The van der Waals surface area contributed by atoms with Crippen molar-refractivity contribution in [2.45, 2.75) is 38.0 Å². The molecule has 4 heteroatoms. The molecule has 2 rings (SSSR count). The SMILES string of the molecule is COc1cc(C2CCC(CCN)CC2)ncn1. The maximum atomic E-state index is 5.61. The van der Waals surface area contributed by atoms with Crippen LogP contribution in [0.1, 0.15) is 43.7 Å². The summed E-state index contributed by atoms with van der Waals surface area (Å²) in [7, 11) is 1.64. The summed E-state index contributed by atoms with van der Waals surface area (Å²) in [5, 5.41) is 0. The van der Waals surface area contributed by atoms with Gasteiger partial charge in [-0.2, -0.15) is 0 Å². The Morgan fingerprint density at radius 1 is 1.29 bits per heavy atom. The van der Waals surface area contributed by atoms with Crippen LogP contribution in [0.25, 0.3) is 0 Å². The van der Waals surface area contributed by atoms with E-state index >= 15 is 0 Å². The Morgan fingerprint density at radius 2 is 2.06 bits per heavy atom. The van der Waals surface area contributed by atoms with E-state index < -0.39 is 0 Å². The van der Waals surface area contributed by atoms with Crippen LogP contribution in [0.5, 0.6) is 5.88 Å². The van der Waals surface area contributed by atoms with E-state index in [4.69, 9.17) is 10.5 Å². The molecule has 0 spiro atoms. The predicted molar refractivity (Wildman–Crippen MR) is 67.0 cm³/mol. The molecule has 1 aromatic heterocycles. The van der Waals surface area contributed by atoms with Gasteiger partial charge < -0.3 is 10.5 Å². The summed E-state index contributed by atoms with van der Waals surface area (Å²) in [5.41, 5.74) is 6.73. The monoisotopic (exact) mass is 235 g/mol. The number of hydrogen-bond donors (Lipinski definition) is 1. The molecule has 1 saturated carbocycles. The first-order valence-electron chi connectivity index (χ1n) is 6.39. The molecule has 1 heterocycles. The number of rotatable bonds is 4. The van der Waals surface area contributed by atoms with Gasteiger partial charge in [-0.05, 0) is 44.6 Å². The van der Waals surface area contributed by atoms with Crippen LogP contribution >= 0.6 is 0 Å². The van der Waals surface area contributed by atoms with Gasteiger partial charge in [0.2, 0.25) is 5.88 Å². The van der Waals surface area contributed by atoms with Crippen LogP contribution in [0.4, 0.5) is 0 Å². The standard InChI is InChI=1S/C13H21N3O/c1-17-13-8-12(15-9-16-13)11-4-2-10(3-5-11)6-7-14/h8-11H,2-7,14H2,1H3. The molecule has 0 atom stereocenters. The average Bonchev–Trinajstić information content (AvgIpc) is 2.40. The Labute approximate surface area is 103 Å². The zero-order valence-corrected chi connectivity index (χ0v) is 10.4. The van der Waals surface area contributed by atoms with E-state index in [2.05, 4.69) is 9.97 Å². The van der Waals surface area contributed by atoms with E-state index in [9.17, 15) is 0 Å². The number of nitrogens with two attached hydrogens (primary N) is 1. The van der Waals surface area contributed by atoms with Crippen LogP contribution in [0.15, 0.2) is 12.4 Å². The second-order valence-electron chi connectivity index (χ2n) is 4.78. The highest BCUT2D eigenvalue weighted by atomic mass is 16.5. The molecule has 0 bridgehead atoms. The maximum Gasteiger partial charge on any atom is 0.216 e. The summed E-state index contributed by atoms with van der Waals surface area (Å²) >= 11 is 0. The third kappa shape index (κ3) is 3.16. The molecular formula is C13H21N3O. The van der Waals surface area contributed by atoms with E-state index in [0.717, 1.165) is 18.2 Å². The summed E-state index contributed by atoms with van der Waals surface area (Å²) in [6, 6.07) is 1.97. The molecule has 0 unspecified atom stereocenters. The number of methoxy groups -OCH3 is 1. The summed E-state index contributed by atoms with van der Waals surface area (Å²) in [4.78, 5) is 8.41. The number of aromatic nitrogens is 2. The van der Waals surface area contributed by atoms with Crippen molar-refractivity contribution >= 4 is 0 Å². The molecule has 0 amide bonds. The molecule has 0 saturated heterocycles. The molecule has 0 radical (unpaired) electrons. The zero-order valence-electron chi connectivity index (χ0n) is 10.4. The topological polar surface area (TPSA) is 61.0 Å². The molecule has 94 valence electrons. The Balaban J connectivity index is 1.95. The summed E-state index contributed by atoms with van der Waals surface area (Å²) in [5.74, 6) is 2.06. The Kier molecular flexibility index (Phi) is 4.31. The van der Waals surface area contributed by atoms with Gasteiger partial charge in [0.15, 0.2) is 0 Å². The van der Waals surface area contributed by atoms with Gasteiger partial charge in [0.25, 0.3) is 0 Å². The minimum Gasteiger partial charge on any atom is -0.481 e. The van der Waals surface area contributed by atoms with Crippen molar-refractivity contribution in [1.29, 1.82) is 0 Å². The van der Waals surface area contributed by atoms with Gasteiger partial charge in [-0.25, -0.2) is 9.97 Å². The lowest BCUT2D eigenvalue weighted by Crippen LogP contribution is -2.17. The fourth-order valence-electron chi connectivity index (χ4n) is 2.67. The Morgan fingerprint density at radius 3 is 2.71 bits per heavy atom. The van der Waals surface area contributed by atoms with E-state index in [1.807, 2.05) is 6.07 Å². The second-order valence-corrected chi connectivity index (χ2v) is 4.78. The zero-order chi connectivity index (χ0) is 12.1. The van der Waals surface area contributed by atoms with E-state index in [1.54, 1.807) is 13.4 Å². The molecule has 2 N–H and O–H groups in total. The number of hydrogen-bond acceptors (Lipinski definition) is 4. The molecule has 4 nitrogen and oxygen atoms in total. The number of nitrogens with zero attached hydrogens (tertiary/aromatic N) is 2. The van der Waals surface area contributed by atoms with Gasteiger partial charge in [-0.3, -0.25) is 0 Å². The highest BCUT2D eigenvalue weighted by molar-refractivity contribution is 5.17. The lowest BCUT2D eigenvalue weighted by molar-refractivity contribution is 0.309. The van der Waals surface area contributed by atoms with Crippen LogP contribution in [0.3, 0.4) is 0 Å².